The summed E-state index contributed by atoms with van der Waals surface area (Å²) in [6.07, 6.45) is 3.09. The number of aromatic nitrogens is 4. The Kier molecular flexibility index (Phi) is 5.57. The molecule has 2 heterocycles. The molecule has 1 atom stereocenters. The number of carbonyl (C=O) groups is 2. The van der Waals surface area contributed by atoms with Crippen LogP contribution in [0, 0.1) is 0 Å². The lowest BCUT2D eigenvalue weighted by Gasteiger charge is -2.28. The van der Waals surface area contributed by atoms with Gasteiger partial charge in [-0.25, -0.2) is 4.79 Å². The summed E-state index contributed by atoms with van der Waals surface area (Å²) < 4.78 is 11.9. The zero-order chi connectivity index (χ0) is 21.8. The number of ketones is 1. The number of para-hydroxylation sites is 1. The third kappa shape index (κ3) is 3.80. The van der Waals surface area contributed by atoms with Crippen molar-refractivity contribution < 1.29 is 19.1 Å². The Bertz CT molecular complexity index is 1180. The van der Waals surface area contributed by atoms with Gasteiger partial charge >= 0.3 is 5.97 Å². The Morgan fingerprint density at radius 1 is 1.06 bits per heavy atom. The largest absolute Gasteiger partial charge is 0.496 e. The first-order valence-electron chi connectivity index (χ1n) is 9.41. The van der Waals surface area contributed by atoms with Gasteiger partial charge in [0.15, 0.2) is 5.78 Å². The van der Waals surface area contributed by atoms with Gasteiger partial charge in [0.25, 0.3) is 0 Å². The molecule has 0 aliphatic carbocycles. The monoisotopic (exact) mass is 417 g/mol. The molecule has 9 nitrogen and oxygen atoms in total. The molecule has 1 aliphatic rings. The third-order valence-electron chi connectivity index (χ3n) is 4.83. The number of tetrazole rings is 1. The van der Waals surface area contributed by atoms with Crippen LogP contribution in [0.5, 0.6) is 5.75 Å². The zero-order valence-electron chi connectivity index (χ0n) is 16.9. The average Bonchev–Trinajstić information content (AvgIpc) is 3.30. The fourth-order valence-corrected chi connectivity index (χ4v) is 3.41. The van der Waals surface area contributed by atoms with Gasteiger partial charge in [-0.05, 0) is 28.1 Å². The van der Waals surface area contributed by atoms with Crippen molar-refractivity contribution >= 4 is 23.8 Å². The van der Waals surface area contributed by atoms with Crippen LogP contribution in [0.2, 0.25) is 0 Å². The molecule has 0 amide bonds. The summed E-state index contributed by atoms with van der Waals surface area (Å²) in [5.74, 6) is -0.364. The highest BCUT2D eigenvalue weighted by Crippen LogP contribution is 2.39. The number of allylic oxidation sites excluding steroid dienone is 2. The predicted octanol–water partition coefficient (Wildman–Crippen LogP) is 2.41. The van der Waals surface area contributed by atoms with Crippen LogP contribution in [0.15, 0.2) is 71.9 Å². The number of ether oxygens (including phenoxy) is 2. The quantitative estimate of drug-likeness (QED) is 0.481. The minimum Gasteiger partial charge on any atom is -0.496 e. The molecule has 0 saturated heterocycles. The molecule has 0 bridgehead atoms. The van der Waals surface area contributed by atoms with Gasteiger partial charge in [0, 0.05) is 5.56 Å². The first-order valence-corrected chi connectivity index (χ1v) is 9.41. The molecular formula is C22H19N5O4. The van der Waals surface area contributed by atoms with E-state index in [-0.39, 0.29) is 17.2 Å². The normalized spacial score (nSPS) is 15.4. The molecule has 0 fully saturated rings. The standard InChI is InChI=1S/C22H19N5O4/c1-30-17-11-7-6-10-15(17)20-18(16(28)13-12-14-8-4-3-5-9-14)19(21(29)31-2)23-22-24-25-26-27(20)22/h3-13,20H,1-2H3,(H,23,24,26). The van der Waals surface area contributed by atoms with Crippen molar-refractivity contribution in [2.24, 2.45) is 0 Å². The lowest BCUT2D eigenvalue weighted by atomic mass is 9.91. The van der Waals surface area contributed by atoms with E-state index < -0.39 is 17.8 Å². The molecule has 1 aliphatic heterocycles. The van der Waals surface area contributed by atoms with Gasteiger partial charge in [0.05, 0.1) is 19.8 Å². The molecular weight excluding hydrogens is 398 g/mol. The summed E-state index contributed by atoms with van der Waals surface area (Å²) in [4.78, 5) is 26.0. The lowest BCUT2D eigenvalue weighted by Crippen LogP contribution is -2.32. The van der Waals surface area contributed by atoms with E-state index in [4.69, 9.17) is 9.47 Å². The number of hydrogen-bond acceptors (Lipinski definition) is 8. The number of nitrogens with zero attached hydrogens (tertiary/aromatic N) is 4. The lowest BCUT2D eigenvalue weighted by molar-refractivity contribution is -0.136. The molecule has 2 aromatic carbocycles. The van der Waals surface area contributed by atoms with Gasteiger partial charge in [-0.15, -0.1) is 0 Å². The van der Waals surface area contributed by atoms with Crippen LogP contribution in [-0.4, -0.2) is 46.2 Å². The summed E-state index contributed by atoms with van der Waals surface area (Å²) >= 11 is 0. The number of fused-ring (bicyclic) bond motifs is 1. The summed E-state index contributed by atoms with van der Waals surface area (Å²) in [6, 6.07) is 15.8. The van der Waals surface area contributed by atoms with Gasteiger partial charge in [0.2, 0.25) is 5.95 Å². The van der Waals surface area contributed by atoms with Crippen molar-refractivity contribution in [1.82, 2.24) is 20.2 Å². The Morgan fingerprint density at radius 2 is 1.81 bits per heavy atom. The molecule has 0 radical (unpaired) electrons. The highest BCUT2D eigenvalue weighted by molar-refractivity contribution is 6.13. The number of esters is 1. The predicted molar refractivity (Wildman–Crippen MR) is 112 cm³/mol. The second kappa shape index (κ2) is 8.62. The second-order valence-corrected chi connectivity index (χ2v) is 6.61. The summed E-state index contributed by atoms with van der Waals surface area (Å²) in [7, 11) is 2.77. The van der Waals surface area contributed by atoms with Crippen molar-refractivity contribution in [3.8, 4) is 5.75 Å². The van der Waals surface area contributed by atoms with E-state index in [0.29, 0.717) is 11.3 Å². The highest BCUT2D eigenvalue weighted by atomic mass is 16.5. The molecule has 9 heteroatoms. The Balaban J connectivity index is 1.89. The van der Waals surface area contributed by atoms with Crippen LogP contribution in [0.1, 0.15) is 17.2 Å². The highest BCUT2D eigenvalue weighted by Gasteiger charge is 2.38. The molecule has 0 saturated carbocycles. The SMILES string of the molecule is COC(=O)C1=C(C(=O)C=Cc2ccccc2)C(c2ccccc2OC)n2nnnc2N1. The van der Waals surface area contributed by atoms with E-state index in [1.807, 2.05) is 42.5 Å². The number of carbonyl (C=O) groups excluding carboxylic acids is 2. The molecule has 1 N–H and O–H groups in total. The first-order chi connectivity index (χ1) is 15.1. The maximum atomic E-state index is 13.4. The number of nitrogens with one attached hydrogen (secondary N) is 1. The van der Waals surface area contributed by atoms with Gasteiger partial charge in [0.1, 0.15) is 17.5 Å². The fraction of sp³-hybridized carbons (Fsp3) is 0.136. The van der Waals surface area contributed by atoms with Crippen LogP contribution in [0.4, 0.5) is 5.95 Å². The van der Waals surface area contributed by atoms with Crippen molar-refractivity contribution in [2.75, 3.05) is 19.5 Å². The number of benzene rings is 2. The molecule has 1 unspecified atom stereocenters. The minimum absolute atomic E-state index is 0.0246. The van der Waals surface area contributed by atoms with Crippen LogP contribution in [0.3, 0.4) is 0 Å². The molecule has 31 heavy (non-hydrogen) atoms. The Morgan fingerprint density at radius 3 is 2.55 bits per heavy atom. The average molecular weight is 417 g/mol. The summed E-state index contributed by atoms with van der Waals surface area (Å²) in [5.41, 5.74) is 1.58. The van der Waals surface area contributed by atoms with E-state index in [1.54, 1.807) is 18.2 Å². The van der Waals surface area contributed by atoms with Gasteiger partial charge in [-0.3, -0.25) is 4.79 Å². The minimum atomic E-state index is -0.801. The summed E-state index contributed by atoms with van der Waals surface area (Å²) in [5, 5.41) is 14.5. The molecule has 3 aromatic rings. The third-order valence-corrected chi connectivity index (χ3v) is 4.83. The first kappa shape index (κ1) is 20.0. The number of hydrogen-bond donors (Lipinski definition) is 1. The van der Waals surface area contributed by atoms with E-state index in [2.05, 4.69) is 20.8 Å². The summed E-state index contributed by atoms with van der Waals surface area (Å²) in [6.45, 7) is 0. The smallest absolute Gasteiger partial charge is 0.355 e. The molecule has 156 valence electrons. The second-order valence-electron chi connectivity index (χ2n) is 6.61. The van der Waals surface area contributed by atoms with Gasteiger partial charge in [-0.1, -0.05) is 59.7 Å². The van der Waals surface area contributed by atoms with E-state index >= 15 is 0 Å². The molecule has 0 spiro atoms. The Hall–Kier alpha value is -4.27. The maximum absolute atomic E-state index is 13.4. The van der Waals surface area contributed by atoms with Gasteiger partial charge < -0.3 is 14.8 Å². The van der Waals surface area contributed by atoms with E-state index in [1.165, 1.54) is 25.0 Å². The number of rotatable bonds is 6. The van der Waals surface area contributed by atoms with Crippen molar-refractivity contribution in [3.05, 3.63) is 83.1 Å². The topological polar surface area (TPSA) is 108 Å². The van der Waals surface area contributed by atoms with Crippen molar-refractivity contribution in [2.45, 2.75) is 6.04 Å². The Labute approximate surface area is 178 Å². The van der Waals surface area contributed by atoms with Crippen LogP contribution in [-0.2, 0) is 14.3 Å². The number of methoxy groups -OCH3 is 2. The van der Waals surface area contributed by atoms with Crippen LogP contribution < -0.4 is 10.1 Å². The van der Waals surface area contributed by atoms with Crippen molar-refractivity contribution in [3.63, 3.8) is 0 Å². The fourth-order valence-electron chi connectivity index (χ4n) is 3.41. The number of anilines is 1. The van der Waals surface area contributed by atoms with Crippen molar-refractivity contribution in [1.29, 1.82) is 0 Å². The molecule has 1 aromatic heterocycles. The van der Waals surface area contributed by atoms with Gasteiger partial charge in [-0.2, -0.15) is 4.68 Å². The maximum Gasteiger partial charge on any atom is 0.355 e. The van der Waals surface area contributed by atoms with E-state index in [9.17, 15) is 9.59 Å². The van der Waals surface area contributed by atoms with Crippen LogP contribution in [0.25, 0.3) is 6.08 Å². The van der Waals surface area contributed by atoms with Crippen LogP contribution >= 0.6 is 0 Å². The molecule has 4 rings (SSSR count). The van der Waals surface area contributed by atoms with E-state index in [0.717, 1.165) is 5.56 Å². The zero-order valence-corrected chi connectivity index (χ0v) is 16.9.